The van der Waals surface area contributed by atoms with E-state index in [4.69, 9.17) is 15.7 Å². The average Bonchev–Trinajstić information content (AvgIpc) is 3.17. The van der Waals surface area contributed by atoms with Gasteiger partial charge in [0.05, 0.1) is 11.6 Å². The number of hydrogen-bond acceptors (Lipinski definition) is 3. The van der Waals surface area contributed by atoms with Crippen LogP contribution in [0.3, 0.4) is 0 Å². The van der Waals surface area contributed by atoms with Crippen molar-refractivity contribution in [1.29, 1.82) is 5.41 Å². The molecule has 2 aromatic heterocycles. The fourth-order valence-electron chi connectivity index (χ4n) is 2.26. The quantitative estimate of drug-likeness (QED) is 0.510. The van der Waals surface area contributed by atoms with Gasteiger partial charge in [-0.3, -0.25) is 5.41 Å². The van der Waals surface area contributed by atoms with Crippen LogP contribution in [0.4, 0.5) is 4.39 Å². The van der Waals surface area contributed by atoms with Crippen LogP contribution in [0.25, 0.3) is 11.3 Å². The maximum atomic E-state index is 13.8. The van der Waals surface area contributed by atoms with Crippen molar-refractivity contribution < 1.29 is 8.91 Å². The Kier molecular flexibility index (Phi) is 3.50. The monoisotopic (exact) mass is 298 g/mol. The third-order valence-corrected chi connectivity index (χ3v) is 3.57. The Hall–Kier alpha value is -2.89. The number of nitrogens with two attached hydrogens (primary N) is 1. The topological polar surface area (TPSA) is 91.7 Å². The number of aromatic amines is 1. The zero-order valence-electron chi connectivity index (χ0n) is 11.9. The summed E-state index contributed by atoms with van der Waals surface area (Å²) in [5.74, 6) is 0.133. The highest BCUT2D eigenvalue weighted by atomic mass is 19.1. The second-order valence-electron chi connectivity index (χ2n) is 5.06. The smallest absolute Gasteiger partial charge is 0.146 e. The molecule has 112 valence electrons. The van der Waals surface area contributed by atoms with E-state index in [1.807, 2.05) is 13.0 Å². The lowest BCUT2D eigenvalue weighted by atomic mass is 10.0. The van der Waals surface area contributed by atoms with E-state index in [-0.39, 0.29) is 17.6 Å². The van der Waals surface area contributed by atoms with E-state index < -0.39 is 0 Å². The lowest BCUT2D eigenvalue weighted by molar-refractivity contribution is 0.376. The van der Waals surface area contributed by atoms with Gasteiger partial charge in [0.2, 0.25) is 0 Å². The highest BCUT2D eigenvalue weighted by Gasteiger charge is 2.18. The first-order valence-corrected chi connectivity index (χ1v) is 6.81. The number of hydrogen-bond donors (Lipinski definition) is 3. The van der Waals surface area contributed by atoms with Crippen molar-refractivity contribution >= 4 is 5.84 Å². The van der Waals surface area contributed by atoms with E-state index in [0.29, 0.717) is 22.7 Å². The summed E-state index contributed by atoms with van der Waals surface area (Å²) in [5, 5.41) is 11.3. The molecule has 0 bridgehead atoms. The molecule has 0 aliphatic carbocycles. The Morgan fingerprint density at radius 3 is 2.77 bits per heavy atom. The molecular formula is C16H15FN4O. The van der Waals surface area contributed by atoms with Gasteiger partial charge in [0.25, 0.3) is 0 Å². The molecule has 3 aromatic rings. The number of halogens is 1. The third-order valence-electron chi connectivity index (χ3n) is 3.57. The lowest BCUT2D eigenvalue weighted by Crippen LogP contribution is -2.11. The number of nitrogens with zero attached hydrogens (tertiary/aromatic N) is 1. The zero-order valence-corrected chi connectivity index (χ0v) is 11.9. The SMILES string of the molecule is CC(c1ccc(C(=N)N)[nH]1)c1cc(-c2ccccc2F)no1. The van der Waals surface area contributed by atoms with Crippen molar-refractivity contribution in [1.82, 2.24) is 10.1 Å². The molecule has 0 saturated carbocycles. The minimum Gasteiger partial charge on any atom is -0.382 e. The number of benzene rings is 1. The number of aromatic nitrogens is 2. The highest BCUT2D eigenvalue weighted by molar-refractivity contribution is 5.93. The van der Waals surface area contributed by atoms with E-state index in [1.54, 1.807) is 30.3 Å². The summed E-state index contributed by atoms with van der Waals surface area (Å²) in [6.07, 6.45) is 0. The van der Waals surface area contributed by atoms with Gasteiger partial charge < -0.3 is 15.2 Å². The first-order chi connectivity index (χ1) is 10.6. The molecule has 2 heterocycles. The first kappa shape index (κ1) is 14.1. The number of nitrogen functional groups attached to an aromatic ring is 1. The van der Waals surface area contributed by atoms with Gasteiger partial charge in [-0.05, 0) is 31.2 Å². The fourth-order valence-corrected chi connectivity index (χ4v) is 2.26. The van der Waals surface area contributed by atoms with E-state index in [2.05, 4.69) is 10.1 Å². The first-order valence-electron chi connectivity index (χ1n) is 6.81. The molecule has 0 amide bonds. The molecule has 0 aliphatic heterocycles. The van der Waals surface area contributed by atoms with Crippen molar-refractivity contribution in [2.45, 2.75) is 12.8 Å². The van der Waals surface area contributed by atoms with Crippen molar-refractivity contribution in [2.75, 3.05) is 0 Å². The summed E-state index contributed by atoms with van der Waals surface area (Å²) in [4.78, 5) is 3.06. The van der Waals surface area contributed by atoms with Gasteiger partial charge in [0, 0.05) is 17.3 Å². The van der Waals surface area contributed by atoms with Crippen molar-refractivity contribution in [3.63, 3.8) is 0 Å². The summed E-state index contributed by atoms with van der Waals surface area (Å²) in [6.45, 7) is 1.93. The second-order valence-corrected chi connectivity index (χ2v) is 5.06. The average molecular weight is 298 g/mol. The highest BCUT2D eigenvalue weighted by Crippen LogP contribution is 2.28. The van der Waals surface area contributed by atoms with Gasteiger partial charge in [-0.25, -0.2) is 4.39 Å². The van der Waals surface area contributed by atoms with Crippen LogP contribution in [-0.4, -0.2) is 16.0 Å². The Bertz CT molecular complexity index is 821. The van der Waals surface area contributed by atoms with Gasteiger partial charge in [-0.2, -0.15) is 0 Å². The summed E-state index contributed by atoms with van der Waals surface area (Å²) in [6, 6.07) is 11.7. The van der Waals surface area contributed by atoms with Crippen molar-refractivity contribution in [3.8, 4) is 11.3 Å². The lowest BCUT2D eigenvalue weighted by Gasteiger charge is -2.04. The Balaban J connectivity index is 1.90. The van der Waals surface area contributed by atoms with Crippen LogP contribution in [0.2, 0.25) is 0 Å². The van der Waals surface area contributed by atoms with Gasteiger partial charge >= 0.3 is 0 Å². The van der Waals surface area contributed by atoms with Gasteiger partial charge in [0.1, 0.15) is 23.1 Å². The van der Waals surface area contributed by atoms with Gasteiger partial charge in [-0.15, -0.1) is 0 Å². The molecule has 0 aliphatic rings. The predicted octanol–water partition coefficient (Wildman–Crippen LogP) is 3.24. The number of H-pyrrole nitrogens is 1. The van der Waals surface area contributed by atoms with E-state index in [9.17, 15) is 4.39 Å². The van der Waals surface area contributed by atoms with Gasteiger partial charge in [-0.1, -0.05) is 17.3 Å². The molecule has 6 heteroatoms. The van der Waals surface area contributed by atoms with Crippen LogP contribution < -0.4 is 5.73 Å². The Morgan fingerprint density at radius 1 is 1.32 bits per heavy atom. The van der Waals surface area contributed by atoms with Crippen LogP contribution in [0.5, 0.6) is 0 Å². The standard InChI is InChI=1S/C16H15FN4O/c1-9(12-6-7-13(20-12)16(18)19)15-8-14(21-22-15)10-4-2-3-5-11(10)17/h2-9,20H,1H3,(H3,18,19). The van der Waals surface area contributed by atoms with E-state index in [0.717, 1.165) is 5.69 Å². The number of rotatable bonds is 4. The zero-order chi connectivity index (χ0) is 15.7. The van der Waals surface area contributed by atoms with Crippen LogP contribution in [-0.2, 0) is 0 Å². The summed E-state index contributed by atoms with van der Waals surface area (Å²) in [5.41, 5.74) is 7.70. The minimum absolute atomic E-state index is 0.0249. The molecular weight excluding hydrogens is 283 g/mol. The molecule has 5 nitrogen and oxygen atoms in total. The summed E-state index contributed by atoms with van der Waals surface area (Å²) in [7, 11) is 0. The number of amidine groups is 1. The summed E-state index contributed by atoms with van der Waals surface area (Å²) < 4.78 is 19.1. The molecule has 1 unspecified atom stereocenters. The summed E-state index contributed by atoms with van der Waals surface area (Å²) >= 11 is 0. The minimum atomic E-state index is -0.339. The molecule has 1 atom stereocenters. The fraction of sp³-hybridized carbons (Fsp3) is 0.125. The molecule has 0 fully saturated rings. The molecule has 0 radical (unpaired) electrons. The predicted molar refractivity (Wildman–Crippen MR) is 81.2 cm³/mol. The maximum absolute atomic E-state index is 13.8. The van der Waals surface area contributed by atoms with Gasteiger partial charge in [0.15, 0.2) is 0 Å². The molecule has 22 heavy (non-hydrogen) atoms. The molecule has 0 spiro atoms. The Morgan fingerprint density at radius 2 is 2.09 bits per heavy atom. The normalized spacial score (nSPS) is 12.3. The van der Waals surface area contributed by atoms with Crippen LogP contribution in [0, 0.1) is 11.2 Å². The van der Waals surface area contributed by atoms with Crippen molar-refractivity contribution in [2.24, 2.45) is 5.73 Å². The molecule has 0 saturated heterocycles. The Labute approximate surface area is 126 Å². The van der Waals surface area contributed by atoms with Crippen LogP contribution in [0.15, 0.2) is 47.0 Å². The van der Waals surface area contributed by atoms with Crippen LogP contribution >= 0.6 is 0 Å². The van der Waals surface area contributed by atoms with Crippen LogP contribution in [0.1, 0.15) is 30.0 Å². The van der Waals surface area contributed by atoms with E-state index >= 15 is 0 Å². The maximum Gasteiger partial charge on any atom is 0.146 e. The second kappa shape index (κ2) is 5.48. The molecule has 1 aromatic carbocycles. The van der Waals surface area contributed by atoms with Crippen molar-refractivity contribution in [3.05, 3.63) is 65.4 Å². The molecule has 4 N–H and O–H groups in total. The largest absolute Gasteiger partial charge is 0.382 e. The third kappa shape index (κ3) is 2.50. The number of nitrogens with one attached hydrogen (secondary N) is 2. The molecule has 3 rings (SSSR count). The van der Waals surface area contributed by atoms with E-state index in [1.165, 1.54) is 6.07 Å².